The van der Waals surface area contributed by atoms with Crippen LogP contribution in [-0.4, -0.2) is 18.2 Å². The third-order valence-corrected chi connectivity index (χ3v) is 3.90. The van der Waals surface area contributed by atoms with E-state index in [1.165, 1.54) is 18.2 Å². The fourth-order valence-electron chi connectivity index (χ4n) is 2.44. The van der Waals surface area contributed by atoms with Gasteiger partial charge in [-0.2, -0.15) is 0 Å². The van der Waals surface area contributed by atoms with E-state index in [0.29, 0.717) is 10.6 Å². The van der Waals surface area contributed by atoms with Crippen molar-refractivity contribution >= 4 is 11.6 Å². The minimum Gasteiger partial charge on any atom is -0.385 e. The van der Waals surface area contributed by atoms with Crippen LogP contribution in [0.2, 0.25) is 5.02 Å². The standard InChI is InChI=1S/C13H17ClFNO/c1-13(17,9-3-2-6-16-8-9)11-7-10(15)4-5-12(11)14/h4-5,7,9,16-17H,2-3,6,8H2,1H3. The highest BCUT2D eigenvalue weighted by Crippen LogP contribution is 2.37. The minimum atomic E-state index is -1.09. The summed E-state index contributed by atoms with van der Waals surface area (Å²) in [4.78, 5) is 0. The molecular formula is C13H17ClFNO. The van der Waals surface area contributed by atoms with Crippen LogP contribution < -0.4 is 5.32 Å². The predicted molar refractivity (Wildman–Crippen MR) is 66.6 cm³/mol. The molecule has 1 aliphatic rings. The highest BCUT2D eigenvalue weighted by molar-refractivity contribution is 6.31. The number of benzene rings is 1. The topological polar surface area (TPSA) is 32.3 Å². The summed E-state index contributed by atoms with van der Waals surface area (Å²) in [6.07, 6.45) is 1.95. The number of piperidine rings is 1. The molecule has 0 saturated carbocycles. The number of hydrogen-bond acceptors (Lipinski definition) is 2. The zero-order valence-electron chi connectivity index (χ0n) is 9.84. The smallest absolute Gasteiger partial charge is 0.123 e. The first kappa shape index (κ1) is 12.8. The first-order valence-corrected chi connectivity index (χ1v) is 6.28. The molecule has 1 aromatic rings. The van der Waals surface area contributed by atoms with Crippen LogP contribution in [-0.2, 0) is 5.60 Å². The van der Waals surface area contributed by atoms with E-state index < -0.39 is 5.60 Å². The third kappa shape index (κ3) is 2.62. The lowest BCUT2D eigenvalue weighted by Gasteiger charge is -2.36. The van der Waals surface area contributed by atoms with E-state index in [1.54, 1.807) is 6.92 Å². The van der Waals surface area contributed by atoms with Crippen molar-refractivity contribution in [3.63, 3.8) is 0 Å². The molecular weight excluding hydrogens is 241 g/mol. The summed E-state index contributed by atoms with van der Waals surface area (Å²) in [6, 6.07) is 4.13. The van der Waals surface area contributed by atoms with Gasteiger partial charge in [-0.1, -0.05) is 11.6 Å². The number of rotatable bonds is 2. The molecule has 1 fully saturated rings. The molecule has 2 N–H and O–H groups in total. The highest BCUT2D eigenvalue weighted by atomic mass is 35.5. The van der Waals surface area contributed by atoms with Gasteiger partial charge in [0, 0.05) is 23.0 Å². The van der Waals surface area contributed by atoms with Crippen LogP contribution in [0.4, 0.5) is 4.39 Å². The van der Waals surface area contributed by atoms with Crippen molar-refractivity contribution in [2.24, 2.45) is 5.92 Å². The molecule has 0 amide bonds. The van der Waals surface area contributed by atoms with Gasteiger partial charge in [0.2, 0.25) is 0 Å². The molecule has 0 bridgehead atoms. The van der Waals surface area contributed by atoms with Crippen LogP contribution in [0.5, 0.6) is 0 Å². The maximum atomic E-state index is 13.3. The van der Waals surface area contributed by atoms with Crippen molar-refractivity contribution in [2.75, 3.05) is 13.1 Å². The summed E-state index contributed by atoms with van der Waals surface area (Å²) < 4.78 is 13.3. The van der Waals surface area contributed by atoms with Crippen LogP contribution in [0.1, 0.15) is 25.3 Å². The van der Waals surface area contributed by atoms with Crippen molar-refractivity contribution in [2.45, 2.75) is 25.4 Å². The van der Waals surface area contributed by atoms with Crippen molar-refractivity contribution in [3.05, 3.63) is 34.6 Å². The molecule has 2 unspecified atom stereocenters. The molecule has 17 heavy (non-hydrogen) atoms. The van der Waals surface area contributed by atoms with Crippen LogP contribution in [0, 0.1) is 11.7 Å². The Labute approximate surface area is 106 Å². The molecule has 1 saturated heterocycles. The second-order valence-electron chi connectivity index (χ2n) is 4.81. The number of nitrogens with one attached hydrogen (secondary N) is 1. The number of halogens is 2. The first-order valence-electron chi connectivity index (χ1n) is 5.90. The van der Waals surface area contributed by atoms with Crippen LogP contribution in [0.25, 0.3) is 0 Å². The Bertz CT molecular complexity index is 402. The van der Waals surface area contributed by atoms with E-state index in [-0.39, 0.29) is 11.7 Å². The second-order valence-corrected chi connectivity index (χ2v) is 5.22. The summed E-state index contributed by atoms with van der Waals surface area (Å²) in [5.41, 5.74) is -0.611. The van der Waals surface area contributed by atoms with Gasteiger partial charge < -0.3 is 10.4 Å². The lowest BCUT2D eigenvalue weighted by Crippen LogP contribution is -2.42. The molecule has 1 aromatic carbocycles. The Balaban J connectivity index is 2.32. The molecule has 2 nitrogen and oxygen atoms in total. The Morgan fingerprint density at radius 2 is 2.29 bits per heavy atom. The molecule has 0 radical (unpaired) electrons. The average Bonchev–Trinajstić information content (AvgIpc) is 2.33. The van der Waals surface area contributed by atoms with Crippen molar-refractivity contribution in [3.8, 4) is 0 Å². The lowest BCUT2D eigenvalue weighted by atomic mass is 9.79. The monoisotopic (exact) mass is 257 g/mol. The van der Waals surface area contributed by atoms with E-state index in [2.05, 4.69) is 5.32 Å². The van der Waals surface area contributed by atoms with Gasteiger partial charge in [0.1, 0.15) is 5.82 Å². The predicted octanol–water partition coefficient (Wildman–Crippen LogP) is 2.69. The molecule has 2 atom stereocenters. The Hall–Kier alpha value is -0.640. The first-order chi connectivity index (χ1) is 8.01. The molecule has 2 rings (SSSR count). The van der Waals surface area contributed by atoms with Gasteiger partial charge >= 0.3 is 0 Å². The van der Waals surface area contributed by atoms with Gasteiger partial charge in [0.25, 0.3) is 0 Å². The Morgan fingerprint density at radius 3 is 2.94 bits per heavy atom. The summed E-state index contributed by atoms with van der Waals surface area (Å²) in [7, 11) is 0. The molecule has 0 aliphatic carbocycles. The summed E-state index contributed by atoms with van der Waals surface area (Å²) in [5.74, 6) is -0.302. The third-order valence-electron chi connectivity index (χ3n) is 3.57. The maximum absolute atomic E-state index is 13.3. The van der Waals surface area contributed by atoms with Crippen LogP contribution >= 0.6 is 11.6 Å². The quantitative estimate of drug-likeness (QED) is 0.854. The molecule has 0 spiro atoms. The van der Waals surface area contributed by atoms with E-state index >= 15 is 0 Å². The Morgan fingerprint density at radius 1 is 1.53 bits per heavy atom. The lowest BCUT2D eigenvalue weighted by molar-refractivity contribution is -0.0157. The number of aliphatic hydroxyl groups is 1. The van der Waals surface area contributed by atoms with Gasteiger partial charge in [-0.05, 0) is 44.5 Å². The normalized spacial score (nSPS) is 24.4. The van der Waals surface area contributed by atoms with E-state index in [0.717, 1.165) is 25.9 Å². The maximum Gasteiger partial charge on any atom is 0.123 e. The summed E-state index contributed by atoms with van der Waals surface area (Å²) >= 11 is 6.05. The fourth-order valence-corrected chi connectivity index (χ4v) is 2.75. The van der Waals surface area contributed by atoms with E-state index in [1.807, 2.05) is 0 Å². The van der Waals surface area contributed by atoms with Gasteiger partial charge in [0.15, 0.2) is 0 Å². The number of hydrogen-bond donors (Lipinski definition) is 2. The average molecular weight is 258 g/mol. The van der Waals surface area contributed by atoms with Gasteiger partial charge in [0.05, 0.1) is 5.60 Å². The van der Waals surface area contributed by atoms with E-state index in [4.69, 9.17) is 11.6 Å². The highest BCUT2D eigenvalue weighted by Gasteiger charge is 2.36. The fraction of sp³-hybridized carbons (Fsp3) is 0.538. The van der Waals surface area contributed by atoms with Crippen molar-refractivity contribution in [1.29, 1.82) is 0 Å². The molecule has 1 heterocycles. The zero-order valence-corrected chi connectivity index (χ0v) is 10.6. The van der Waals surface area contributed by atoms with Gasteiger partial charge in [-0.25, -0.2) is 4.39 Å². The van der Waals surface area contributed by atoms with Crippen molar-refractivity contribution < 1.29 is 9.50 Å². The van der Waals surface area contributed by atoms with Gasteiger partial charge in [-0.3, -0.25) is 0 Å². The molecule has 1 aliphatic heterocycles. The van der Waals surface area contributed by atoms with Crippen LogP contribution in [0.3, 0.4) is 0 Å². The van der Waals surface area contributed by atoms with Crippen LogP contribution in [0.15, 0.2) is 18.2 Å². The van der Waals surface area contributed by atoms with Crippen molar-refractivity contribution in [1.82, 2.24) is 5.32 Å². The second kappa shape index (κ2) is 4.92. The Kier molecular flexibility index (Phi) is 3.71. The van der Waals surface area contributed by atoms with E-state index in [9.17, 15) is 9.50 Å². The largest absolute Gasteiger partial charge is 0.385 e. The molecule has 4 heteroatoms. The molecule has 94 valence electrons. The zero-order chi connectivity index (χ0) is 12.5. The summed E-state index contributed by atoms with van der Waals surface area (Å²) in [5, 5.41) is 14.3. The molecule has 0 aromatic heterocycles. The minimum absolute atomic E-state index is 0.0653. The SMILES string of the molecule is CC(O)(c1cc(F)ccc1Cl)C1CCCNC1. The van der Waals surface area contributed by atoms with Gasteiger partial charge in [-0.15, -0.1) is 0 Å². The summed E-state index contributed by atoms with van der Waals surface area (Å²) in [6.45, 7) is 3.43.